The molecule has 5 heteroatoms. The van der Waals surface area contributed by atoms with Crippen molar-refractivity contribution in [3.05, 3.63) is 11.8 Å². The molecule has 0 N–H and O–H groups in total. The van der Waals surface area contributed by atoms with E-state index in [0.717, 1.165) is 31.4 Å². The van der Waals surface area contributed by atoms with E-state index in [1.165, 1.54) is 17.1 Å². The minimum absolute atomic E-state index is 0.106. The molecule has 0 radical (unpaired) electrons. The maximum absolute atomic E-state index is 11.6. The first kappa shape index (κ1) is 11.9. The fraction of sp³-hybridized carbons (Fsp3) is 0.818. The lowest BCUT2D eigenvalue weighted by atomic mass is 10.2. The third-order valence-electron chi connectivity index (χ3n) is 3.07. The molecule has 16 heavy (non-hydrogen) atoms. The van der Waals surface area contributed by atoms with Crippen molar-refractivity contribution < 1.29 is 12.6 Å². The first-order valence-corrected chi connectivity index (χ1v) is 7.42. The van der Waals surface area contributed by atoms with E-state index in [0.29, 0.717) is 6.61 Å². The molecule has 2 heterocycles. The smallest absolute Gasteiger partial charge is 0.254 e. The molecule has 0 spiro atoms. The minimum Gasteiger partial charge on any atom is -0.254 e. The Morgan fingerprint density at radius 3 is 3.06 bits per heavy atom. The maximum Gasteiger partial charge on any atom is 0.362 e. The summed E-state index contributed by atoms with van der Waals surface area (Å²) >= 11 is 0. The van der Waals surface area contributed by atoms with Crippen LogP contribution in [-0.4, -0.2) is 25.4 Å². The number of fused-ring (bicyclic) bond motifs is 1. The van der Waals surface area contributed by atoms with Crippen molar-refractivity contribution in [2.24, 2.45) is 0 Å². The second-order valence-corrected chi connectivity index (χ2v) is 5.84. The molecule has 2 aliphatic heterocycles. The molecule has 0 aromatic heterocycles. The van der Waals surface area contributed by atoms with Crippen LogP contribution in [0.2, 0.25) is 0 Å². The van der Waals surface area contributed by atoms with Crippen LogP contribution >= 0.6 is 0 Å². The lowest BCUT2D eigenvalue weighted by Crippen LogP contribution is -2.14. The van der Waals surface area contributed by atoms with Gasteiger partial charge in [0, 0.05) is 0 Å². The van der Waals surface area contributed by atoms with Crippen LogP contribution in [0.5, 0.6) is 0 Å². The van der Waals surface area contributed by atoms with Gasteiger partial charge in [-0.2, -0.15) is 8.42 Å². The highest BCUT2D eigenvalue weighted by atomic mass is 32.2. The summed E-state index contributed by atoms with van der Waals surface area (Å²) in [6.07, 6.45) is 8.31. The highest BCUT2D eigenvalue weighted by Gasteiger charge is 2.50. The lowest BCUT2D eigenvalue weighted by Gasteiger charge is -2.01. The number of hydrogen-bond acceptors (Lipinski definition) is 3. The molecular formula is C11H19NO3S. The molecular weight excluding hydrogens is 226 g/mol. The van der Waals surface area contributed by atoms with Gasteiger partial charge in [0.1, 0.15) is 0 Å². The summed E-state index contributed by atoms with van der Waals surface area (Å²) in [7, 11) is -3.45. The fourth-order valence-electron chi connectivity index (χ4n) is 2.15. The lowest BCUT2D eigenvalue weighted by molar-refractivity contribution is 0.308. The maximum atomic E-state index is 11.6. The van der Waals surface area contributed by atoms with Crippen LogP contribution in [-0.2, 0) is 14.5 Å². The van der Waals surface area contributed by atoms with E-state index >= 15 is 0 Å². The van der Waals surface area contributed by atoms with Gasteiger partial charge in [-0.15, -0.1) is 0 Å². The Kier molecular flexibility index (Phi) is 3.54. The van der Waals surface area contributed by atoms with E-state index in [-0.39, 0.29) is 6.04 Å². The molecule has 2 saturated heterocycles. The van der Waals surface area contributed by atoms with Gasteiger partial charge in [0.2, 0.25) is 0 Å². The van der Waals surface area contributed by atoms with Crippen molar-refractivity contribution in [3.8, 4) is 0 Å². The summed E-state index contributed by atoms with van der Waals surface area (Å²) in [6, 6.07) is 0.106. The van der Waals surface area contributed by atoms with Crippen LogP contribution in [0.1, 0.15) is 45.4 Å². The average molecular weight is 245 g/mol. The van der Waals surface area contributed by atoms with E-state index in [1.807, 2.05) is 0 Å². The van der Waals surface area contributed by atoms with Crippen LogP contribution in [0, 0.1) is 0 Å². The highest BCUT2D eigenvalue weighted by molar-refractivity contribution is 7.84. The van der Waals surface area contributed by atoms with E-state index in [2.05, 4.69) is 13.0 Å². The van der Waals surface area contributed by atoms with Gasteiger partial charge in [-0.05, 0) is 25.7 Å². The van der Waals surface area contributed by atoms with E-state index < -0.39 is 10.3 Å². The predicted molar refractivity (Wildman–Crippen MR) is 62.0 cm³/mol. The number of hydrogen-bond donors (Lipinski definition) is 0. The van der Waals surface area contributed by atoms with Crippen molar-refractivity contribution in [1.29, 1.82) is 0 Å². The zero-order valence-electron chi connectivity index (χ0n) is 9.68. The zero-order valence-corrected chi connectivity index (χ0v) is 10.5. The molecule has 4 nitrogen and oxygen atoms in total. The Labute approximate surface area is 97.5 Å². The van der Waals surface area contributed by atoms with Gasteiger partial charge in [0.15, 0.2) is 0 Å². The number of rotatable bonds is 4. The van der Waals surface area contributed by atoms with Crippen molar-refractivity contribution in [1.82, 2.24) is 4.31 Å². The molecule has 0 aromatic carbocycles. The zero-order chi connectivity index (χ0) is 11.6. The number of allylic oxidation sites excluding steroid dienone is 1. The van der Waals surface area contributed by atoms with Crippen LogP contribution in [0.4, 0.5) is 0 Å². The summed E-state index contributed by atoms with van der Waals surface area (Å²) in [5, 5.41) is 0. The normalized spacial score (nSPS) is 29.9. The molecule has 92 valence electrons. The molecule has 2 fully saturated rings. The molecule has 0 amide bonds. The Morgan fingerprint density at radius 1 is 1.50 bits per heavy atom. The molecule has 1 unspecified atom stereocenters. The summed E-state index contributed by atoms with van der Waals surface area (Å²) in [4.78, 5) is 0. The minimum atomic E-state index is -3.45. The van der Waals surface area contributed by atoms with Crippen LogP contribution in [0.3, 0.4) is 0 Å². The average Bonchev–Trinajstić information content (AvgIpc) is 2.95. The Morgan fingerprint density at radius 2 is 2.31 bits per heavy atom. The van der Waals surface area contributed by atoms with Gasteiger partial charge in [0.05, 0.1) is 18.3 Å². The molecule has 2 aliphatic rings. The topological polar surface area (TPSA) is 46.4 Å². The van der Waals surface area contributed by atoms with Crippen molar-refractivity contribution in [3.63, 3.8) is 0 Å². The monoisotopic (exact) mass is 245 g/mol. The Bertz CT molecular complexity index is 375. The molecule has 0 bridgehead atoms. The quantitative estimate of drug-likeness (QED) is 0.563. The third kappa shape index (κ3) is 2.40. The van der Waals surface area contributed by atoms with E-state index in [9.17, 15) is 8.42 Å². The van der Waals surface area contributed by atoms with Crippen LogP contribution in [0.15, 0.2) is 11.8 Å². The second kappa shape index (κ2) is 4.75. The first-order valence-electron chi connectivity index (χ1n) is 6.05. The molecule has 1 atom stereocenters. The van der Waals surface area contributed by atoms with Crippen molar-refractivity contribution in [2.45, 2.75) is 51.5 Å². The Balaban J connectivity index is 1.95. The SMILES string of the molecule is CCCCC/C=C1\C2CCCOS(=O)(=O)N12. The van der Waals surface area contributed by atoms with E-state index in [1.54, 1.807) is 0 Å². The standard InChI is InChI=1S/C11H19NO3S/c1-2-3-4-5-7-10-11-8-6-9-15-16(13,14)12(10)11/h7,11H,2-6,8-9H2,1H3/b10-7+. The van der Waals surface area contributed by atoms with Crippen LogP contribution < -0.4 is 0 Å². The van der Waals surface area contributed by atoms with E-state index in [4.69, 9.17) is 4.18 Å². The van der Waals surface area contributed by atoms with Crippen LogP contribution in [0.25, 0.3) is 0 Å². The summed E-state index contributed by atoms with van der Waals surface area (Å²) in [5.74, 6) is 0. The summed E-state index contributed by atoms with van der Waals surface area (Å²) in [6.45, 7) is 2.49. The highest BCUT2D eigenvalue weighted by Crippen LogP contribution is 2.42. The summed E-state index contributed by atoms with van der Waals surface area (Å²) < 4.78 is 29.5. The van der Waals surface area contributed by atoms with Gasteiger partial charge < -0.3 is 0 Å². The molecule has 0 aliphatic carbocycles. The Hall–Kier alpha value is -0.550. The van der Waals surface area contributed by atoms with Gasteiger partial charge in [-0.3, -0.25) is 4.18 Å². The summed E-state index contributed by atoms with van der Waals surface area (Å²) in [5.41, 5.74) is 0.954. The fourth-order valence-corrected chi connectivity index (χ4v) is 3.53. The second-order valence-electron chi connectivity index (χ2n) is 4.36. The number of nitrogens with zero attached hydrogens (tertiary/aromatic N) is 1. The molecule has 0 aromatic rings. The van der Waals surface area contributed by atoms with Crippen molar-refractivity contribution in [2.75, 3.05) is 6.61 Å². The predicted octanol–water partition coefficient (Wildman–Crippen LogP) is 2.19. The first-order chi connectivity index (χ1) is 7.67. The largest absolute Gasteiger partial charge is 0.362 e. The third-order valence-corrected chi connectivity index (χ3v) is 4.48. The molecule has 0 saturated carbocycles. The molecule has 2 rings (SSSR count). The number of unbranched alkanes of at least 4 members (excludes halogenated alkanes) is 3. The van der Waals surface area contributed by atoms with Gasteiger partial charge >= 0.3 is 10.3 Å². The van der Waals surface area contributed by atoms with Gasteiger partial charge in [-0.25, -0.2) is 4.31 Å². The van der Waals surface area contributed by atoms with Gasteiger partial charge in [-0.1, -0.05) is 25.8 Å². The van der Waals surface area contributed by atoms with Crippen molar-refractivity contribution >= 4 is 10.3 Å². The van der Waals surface area contributed by atoms with Gasteiger partial charge in [0.25, 0.3) is 0 Å².